The van der Waals surface area contributed by atoms with Gasteiger partial charge in [-0.25, -0.2) is 9.59 Å². The van der Waals surface area contributed by atoms with Crippen LogP contribution in [0.25, 0.3) is 21.9 Å². The van der Waals surface area contributed by atoms with E-state index in [0.717, 1.165) is 0 Å². The number of esters is 1. The molecule has 4 rings (SSSR count). The molecule has 0 aliphatic rings. The highest BCUT2D eigenvalue weighted by Gasteiger charge is 2.38. The molecule has 4 aromatic rings. The number of para-hydroxylation sites is 2. The minimum atomic E-state index is -1.78. The molecular weight excluding hydrogens is 464 g/mol. The zero-order valence-electron chi connectivity index (χ0n) is 20.7. The Morgan fingerprint density at radius 1 is 0.806 bits per heavy atom. The van der Waals surface area contributed by atoms with Crippen molar-refractivity contribution in [3.8, 4) is 11.5 Å². The van der Waals surface area contributed by atoms with Crippen LogP contribution in [0, 0.1) is 0 Å². The van der Waals surface area contributed by atoms with Gasteiger partial charge < -0.3 is 23.8 Å². The number of carbonyl (C=O) groups is 1. The molecule has 0 saturated carbocycles. The molecule has 2 heterocycles. The minimum Gasteiger partial charge on any atom is -0.507 e. The highest BCUT2D eigenvalue weighted by molar-refractivity contribution is 5.94. The number of rotatable bonds is 6. The second kappa shape index (κ2) is 9.53. The number of fused-ring (bicyclic) bond motifs is 2. The Bertz CT molecular complexity index is 1480. The average Bonchev–Trinajstić information content (AvgIpc) is 2.82. The van der Waals surface area contributed by atoms with E-state index in [9.17, 15) is 24.6 Å². The summed E-state index contributed by atoms with van der Waals surface area (Å²) in [6.45, 7) is 9.12. The van der Waals surface area contributed by atoms with Gasteiger partial charge in [-0.1, -0.05) is 52.0 Å². The van der Waals surface area contributed by atoms with Gasteiger partial charge in [0.25, 0.3) is 0 Å². The summed E-state index contributed by atoms with van der Waals surface area (Å²) in [6, 6.07) is 10.0. The lowest BCUT2D eigenvalue weighted by molar-refractivity contribution is -0.144. The lowest BCUT2D eigenvalue weighted by Gasteiger charge is -2.19. The SMILES string of the molecule is CCOC(=O)C(c1c(O)c2cccc(C(C)C)c2oc1=O)c1c(O)c2cccc(C(C)C)c2oc1=O. The van der Waals surface area contributed by atoms with Crippen molar-refractivity contribution in [3.05, 3.63) is 79.5 Å². The Morgan fingerprint density at radius 2 is 1.22 bits per heavy atom. The van der Waals surface area contributed by atoms with E-state index in [2.05, 4.69) is 0 Å². The molecule has 0 amide bonds. The zero-order chi connectivity index (χ0) is 26.3. The summed E-state index contributed by atoms with van der Waals surface area (Å²) in [4.78, 5) is 39.6. The van der Waals surface area contributed by atoms with Crippen molar-refractivity contribution in [2.24, 2.45) is 0 Å². The van der Waals surface area contributed by atoms with Gasteiger partial charge in [-0.2, -0.15) is 0 Å². The molecule has 2 aromatic carbocycles. The van der Waals surface area contributed by atoms with E-state index in [-0.39, 0.29) is 40.4 Å². The fourth-order valence-corrected chi connectivity index (χ4v) is 4.51. The summed E-state index contributed by atoms with van der Waals surface area (Å²) < 4.78 is 16.3. The third kappa shape index (κ3) is 4.02. The molecule has 0 fully saturated rings. The van der Waals surface area contributed by atoms with Gasteiger partial charge in [0.15, 0.2) is 0 Å². The smallest absolute Gasteiger partial charge is 0.344 e. The predicted octanol–water partition coefficient (Wildman–Crippen LogP) is 5.25. The molecule has 36 heavy (non-hydrogen) atoms. The monoisotopic (exact) mass is 492 g/mol. The maximum Gasteiger partial charge on any atom is 0.344 e. The quantitative estimate of drug-likeness (QED) is 0.276. The molecule has 0 spiro atoms. The van der Waals surface area contributed by atoms with Gasteiger partial charge >= 0.3 is 17.2 Å². The van der Waals surface area contributed by atoms with Gasteiger partial charge in [-0.15, -0.1) is 0 Å². The van der Waals surface area contributed by atoms with Gasteiger partial charge in [-0.05, 0) is 42.0 Å². The largest absolute Gasteiger partial charge is 0.507 e. The molecule has 0 unspecified atom stereocenters. The first-order chi connectivity index (χ1) is 17.1. The van der Waals surface area contributed by atoms with E-state index in [1.54, 1.807) is 43.3 Å². The van der Waals surface area contributed by atoms with E-state index in [0.29, 0.717) is 11.1 Å². The Balaban J connectivity index is 2.09. The molecule has 0 saturated heterocycles. The highest BCUT2D eigenvalue weighted by atomic mass is 16.5. The molecule has 0 radical (unpaired) electrons. The first-order valence-corrected chi connectivity index (χ1v) is 11.8. The van der Waals surface area contributed by atoms with Gasteiger partial charge in [0, 0.05) is 0 Å². The standard InChI is InChI=1S/C28H28O8/c1-6-34-26(31)19(20-22(29)17-11-7-9-15(13(2)3)24(17)35-27(20)32)21-23(30)18-12-8-10-16(14(4)5)25(18)36-28(21)33/h7-14,19,29-30H,6H2,1-5H3. The average molecular weight is 493 g/mol. The van der Waals surface area contributed by atoms with Crippen LogP contribution in [0.1, 0.15) is 74.6 Å². The normalized spacial score (nSPS) is 11.8. The Morgan fingerprint density at radius 3 is 1.58 bits per heavy atom. The summed E-state index contributed by atoms with van der Waals surface area (Å²) in [5.41, 5.74) is -1.34. The summed E-state index contributed by atoms with van der Waals surface area (Å²) >= 11 is 0. The van der Waals surface area contributed by atoms with Crippen molar-refractivity contribution in [2.75, 3.05) is 6.61 Å². The van der Waals surface area contributed by atoms with Gasteiger partial charge in [-0.3, -0.25) is 4.79 Å². The first kappa shape index (κ1) is 25.0. The summed E-state index contributed by atoms with van der Waals surface area (Å²) in [6.07, 6.45) is 0. The van der Waals surface area contributed by atoms with Crippen LogP contribution < -0.4 is 11.3 Å². The van der Waals surface area contributed by atoms with Crippen molar-refractivity contribution in [1.29, 1.82) is 0 Å². The Kier molecular flexibility index (Phi) is 6.63. The summed E-state index contributed by atoms with van der Waals surface area (Å²) in [7, 11) is 0. The van der Waals surface area contributed by atoms with Crippen molar-refractivity contribution in [3.63, 3.8) is 0 Å². The van der Waals surface area contributed by atoms with Crippen molar-refractivity contribution < 1.29 is 28.6 Å². The maximum atomic E-state index is 13.2. The van der Waals surface area contributed by atoms with E-state index in [1.165, 1.54) is 0 Å². The van der Waals surface area contributed by atoms with Crippen LogP contribution in [0.2, 0.25) is 0 Å². The van der Waals surface area contributed by atoms with Crippen LogP contribution in [-0.4, -0.2) is 22.8 Å². The van der Waals surface area contributed by atoms with Crippen LogP contribution in [0.5, 0.6) is 11.5 Å². The molecular formula is C28H28O8. The second-order valence-corrected chi connectivity index (χ2v) is 9.25. The van der Waals surface area contributed by atoms with E-state index < -0.39 is 45.8 Å². The number of ether oxygens (including phenoxy) is 1. The first-order valence-electron chi connectivity index (χ1n) is 11.8. The fraction of sp³-hybridized carbons (Fsp3) is 0.321. The summed E-state index contributed by atoms with van der Waals surface area (Å²) in [5.74, 6) is -3.89. The number of hydrogen-bond donors (Lipinski definition) is 2. The molecule has 8 nitrogen and oxygen atoms in total. The molecule has 2 N–H and O–H groups in total. The summed E-state index contributed by atoms with van der Waals surface area (Å²) in [5, 5.41) is 22.8. The predicted molar refractivity (Wildman–Crippen MR) is 135 cm³/mol. The van der Waals surface area contributed by atoms with Gasteiger partial charge in [0.1, 0.15) is 28.6 Å². The van der Waals surface area contributed by atoms with Crippen LogP contribution in [0.4, 0.5) is 0 Å². The molecule has 188 valence electrons. The van der Waals surface area contributed by atoms with Gasteiger partial charge in [0.2, 0.25) is 0 Å². The molecule has 0 atom stereocenters. The Hall–Kier alpha value is -4.07. The number of carbonyl (C=O) groups excluding carboxylic acids is 1. The van der Waals surface area contributed by atoms with E-state index in [1.807, 2.05) is 27.7 Å². The number of hydrogen-bond acceptors (Lipinski definition) is 8. The van der Waals surface area contributed by atoms with E-state index in [4.69, 9.17) is 13.6 Å². The second-order valence-electron chi connectivity index (χ2n) is 9.25. The lowest BCUT2D eigenvalue weighted by atomic mass is 9.89. The third-order valence-electron chi connectivity index (χ3n) is 6.28. The van der Waals surface area contributed by atoms with Crippen LogP contribution in [0.3, 0.4) is 0 Å². The fourth-order valence-electron chi connectivity index (χ4n) is 4.51. The van der Waals surface area contributed by atoms with E-state index >= 15 is 0 Å². The third-order valence-corrected chi connectivity index (χ3v) is 6.28. The van der Waals surface area contributed by atoms with Crippen LogP contribution >= 0.6 is 0 Å². The highest BCUT2D eigenvalue weighted by Crippen LogP contribution is 2.41. The van der Waals surface area contributed by atoms with Gasteiger partial charge in [0.05, 0.1) is 28.5 Å². The minimum absolute atomic E-state index is 0.0188. The molecule has 0 bridgehead atoms. The molecule has 2 aromatic heterocycles. The lowest BCUT2D eigenvalue weighted by Crippen LogP contribution is -2.28. The number of benzene rings is 2. The van der Waals surface area contributed by atoms with Crippen LogP contribution in [-0.2, 0) is 9.53 Å². The van der Waals surface area contributed by atoms with Crippen LogP contribution in [0.15, 0.2) is 54.8 Å². The van der Waals surface area contributed by atoms with Crippen molar-refractivity contribution in [1.82, 2.24) is 0 Å². The molecule has 8 heteroatoms. The maximum absolute atomic E-state index is 13.2. The number of aromatic hydroxyl groups is 2. The Labute approximate surface area is 206 Å². The molecule has 0 aliphatic carbocycles. The topological polar surface area (TPSA) is 127 Å². The zero-order valence-corrected chi connectivity index (χ0v) is 20.7. The van der Waals surface area contributed by atoms with Crippen molar-refractivity contribution >= 4 is 27.9 Å². The van der Waals surface area contributed by atoms with Crippen molar-refractivity contribution in [2.45, 2.75) is 52.4 Å². The molecule has 0 aliphatic heterocycles.